The van der Waals surface area contributed by atoms with Gasteiger partial charge in [0.15, 0.2) is 6.61 Å². The smallest absolute Gasteiger partial charge is 0.319 e. The Hall–Kier alpha value is -0.0969. The molecule has 0 unspecified atom stereocenters. The average Bonchev–Trinajstić information content (AvgIpc) is 2.53. The summed E-state index contributed by atoms with van der Waals surface area (Å²) in [4.78, 5) is 22.7. The van der Waals surface area contributed by atoms with E-state index in [2.05, 4.69) is 20.8 Å². The molecule has 0 radical (unpaired) electrons. The van der Waals surface area contributed by atoms with Crippen LogP contribution >= 0.6 is 0 Å². The Balaban J connectivity index is 0. The SMILES string of the molecule is CCCCOC(COC(=O)CC(C)=O)(OCCCC)OCCCC.[Zr]. The second kappa shape index (κ2) is 17.3. The summed E-state index contributed by atoms with van der Waals surface area (Å²) in [6.07, 6.45) is 5.25. The molecule has 7 heteroatoms. The van der Waals surface area contributed by atoms with E-state index < -0.39 is 11.9 Å². The summed E-state index contributed by atoms with van der Waals surface area (Å²) in [6, 6.07) is 0. The average molecular weight is 438 g/mol. The van der Waals surface area contributed by atoms with Gasteiger partial charge >= 0.3 is 11.9 Å². The van der Waals surface area contributed by atoms with Crippen LogP contribution in [0.25, 0.3) is 0 Å². The van der Waals surface area contributed by atoms with Crippen LogP contribution in [0.1, 0.15) is 72.6 Å². The zero-order valence-electron chi connectivity index (χ0n) is 16.2. The standard InChI is InChI=1S/C18H34O6.Zr/c1-5-8-11-22-18(23-12-9-6-2,24-13-10-7-3)15-21-17(20)14-16(4)19;/h5-15H2,1-4H3;. The predicted octanol–water partition coefficient (Wildman–Crippen LogP) is 3.61. The van der Waals surface area contributed by atoms with Crippen LogP contribution in [0.4, 0.5) is 0 Å². The van der Waals surface area contributed by atoms with Crippen molar-refractivity contribution in [3.8, 4) is 0 Å². The molecule has 0 amide bonds. The van der Waals surface area contributed by atoms with E-state index in [1.54, 1.807) is 0 Å². The van der Waals surface area contributed by atoms with Gasteiger partial charge in [-0.15, -0.1) is 0 Å². The quantitative estimate of drug-likeness (QED) is 0.159. The molecule has 0 aromatic carbocycles. The summed E-state index contributed by atoms with van der Waals surface area (Å²) in [5.74, 6) is -2.22. The van der Waals surface area contributed by atoms with Crippen LogP contribution in [0.15, 0.2) is 0 Å². The summed E-state index contributed by atoms with van der Waals surface area (Å²) in [7, 11) is 0. The Morgan fingerprint density at radius 2 is 1.20 bits per heavy atom. The van der Waals surface area contributed by atoms with Crippen molar-refractivity contribution in [2.45, 2.75) is 78.6 Å². The molecule has 0 aliphatic rings. The van der Waals surface area contributed by atoms with Crippen LogP contribution in [0, 0.1) is 0 Å². The minimum absolute atomic E-state index is 0. The molecule has 146 valence electrons. The fourth-order valence-corrected chi connectivity index (χ4v) is 1.79. The summed E-state index contributed by atoms with van der Waals surface area (Å²) in [6.45, 7) is 8.74. The molecule has 0 fully saturated rings. The van der Waals surface area contributed by atoms with Crippen LogP contribution in [-0.4, -0.2) is 44.2 Å². The second-order valence-corrected chi connectivity index (χ2v) is 5.83. The van der Waals surface area contributed by atoms with Gasteiger partial charge in [0.25, 0.3) is 0 Å². The summed E-state index contributed by atoms with van der Waals surface area (Å²) in [5.41, 5.74) is 0. The van der Waals surface area contributed by atoms with Crippen molar-refractivity contribution >= 4 is 11.8 Å². The minimum Gasteiger partial charge on any atom is -0.457 e. The number of rotatable bonds is 16. The van der Waals surface area contributed by atoms with Gasteiger partial charge in [-0.25, -0.2) is 0 Å². The number of carbonyl (C=O) groups is 2. The first-order chi connectivity index (χ1) is 11.5. The van der Waals surface area contributed by atoms with Gasteiger partial charge in [-0.3, -0.25) is 9.59 Å². The van der Waals surface area contributed by atoms with Crippen molar-refractivity contribution in [2.75, 3.05) is 26.4 Å². The number of ketones is 1. The number of ether oxygens (including phenoxy) is 4. The van der Waals surface area contributed by atoms with E-state index in [0.717, 1.165) is 38.5 Å². The van der Waals surface area contributed by atoms with E-state index in [1.807, 2.05) is 0 Å². The maximum absolute atomic E-state index is 11.7. The molecule has 0 N–H and O–H groups in total. The molecule has 0 saturated heterocycles. The maximum atomic E-state index is 11.7. The molecule has 0 atom stereocenters. The van der Waals surface area contributed by atoms with Crippen LogP contribution in [0.3, 0.4) is 0 Å². The third-order valence-electron chi connectivity index (χ3n) is 3.26. The Morgan fingerprint density at radius 3 is 1.52 bits per heavy atom. The molecule has 25 heavy (non-hydrogen) atoms. The van der Waals surface area contributed by atoms with E-state index in [0.29, 0.717) is 19.8 Å². The van der Waals surface area contributed by atoms with Crippen molar-refractivity contribution in [1.82, 2.24) is 0 Å². The van der Waals surface area contributed by atoms with Gasteiger partial charge in [0.2, 0.25) is 0 Å². The van der Waals surface area contributed by atoms with Gasteiger partial charge in [-0.1, -0.05) is 40.0 Å². The van der Waals surface area contributed by atoms with Crippen LogP contribution in [0.5, 0.6) is 0 Å². The van der Waals surface area contributed by atoms with Gasteiger partial charge < -0.3 is 18.9 Å². The van der Waals surface area contributed by atoms with E-state index in [9.17, 15) is 9.59 Å². The first-order valence-corrected chi connectivity index (χ1v) is 9.06. The summed E-state index contributed by atoms with van der Waals surface area (Å²) >= 11 is 0. The van der Waals surface area contributed by atoms with Crippen molar-refractivity contribution in [3.63, 3.8) is 0 Å². The third kappa shape index (κ3) is 14.7. The van der Waals surface area contributed by atoms with Crippen LogP contribution < -0.4 is 0 Å². The van der Waals surface area contributed by atoms with Crippen molar-refractivity contribution < 1.29 is 54.7 Å². The van der Waals surface area contributed by atoms with E-state index in [4.69, 9.17) is 18.9 Å². The molecule has 6 nitrogen and oxygen atoms in total. The van der Waals surface area contributed by atoms with Gasteiger partial charge in [0, 0.05) is 26.2 Å². The minimum atomic E-state index is -1.38. The van der Waals surface area contributed by atoms with Crippen molar-refractivity contribution in [3.05, 3.63) is 0 Å². The van der Waals surface area contributed by atoms with Crippen LogP contribution in [-0.2, 0) is 54.7 Å². The summed E-state index contributed by atoms with van der Waals surface area (Å²) < 4.78 is 22.6. The second-order valence-electron chi connectivity index (χ2n) is 5.83. The van der Waals surface area contributed by atoms with Gasteiger partial charge in [-0.2, -0.15) is 0 Å². The molecule has 0 saturated carbocycles. The zero-order chi connectivity index (χ0) is 18.3. The largest absolute Gasteiger partial charge is 0.457 e. The molecule has 0 spiro atoms. The maximum Gasteiger partial charge on any atom is 0.319 e. The first kappa shape index (κ1) is 27.1. The molecule has 0 aromatic rings. The van der Waals surface area contributed by atoms with Gasteiger partial charge in [0.05, 0.1) is 19.8 Å². The number of unbranched alkanes of at least 4 members (excludes halogenated alkanes) is 3. The van der Waals surface area contributed by atoms with Gasteiger partial charge in [0.1, 0.15) is 12.2 Å². The molecular weight excluding hydrogens is 403 g/mol. The van der Waals surface area contributed by atoms with Crippen LogP contribution in [0.2, 0.25) is 0 Å². The normalized spacial score (nSPS) is 11.0. The molecule has 0 aliphatic heterocycles. The van der Waals surface area contributed by atoms with Crippen molar-refractivity contribution in [2.24, 2.45) is 0 Å². The van der Waals surface area contributed by atoms with E-state index in [-0.39, 0.29) is 45.0 Å². The molecule has 0 aliphatic carbocycles. The third-order valence-corrected chi connectivity index (χ3v) is 3.26. The predicted molar refractivity (Wildman–Crippen MR) is 91.6 cm³/mol. The number of Topliss-reactive ketones (excluding diaryl/α,β-unsaturated/α-hetero) is 1. The molecular formula is C18H34O6Zr. The number of carbonyl (C=O) groups excluding carboxylic acids is 2. The fraction of sp³-hybridized carbons (Fsp3) is 0.889. The number of hydrogen-bond acceptors (Lipinski definition) is 6. The summed E-state index contributed by atoms with van der Waals surface area (Å²) in [5, 5.41) is 0. The first-order valence-electron chi connectivity index (χ1n) is 9.06. The van der Waals surface area contributed by atoms with Crippen molar-refractivity contribution in [1.29, 1.82) is 0 Å². The Kier molecular flexibility index (Phi) is 18.8. The van der Waals surface area contributed by atoms with E-state index in [1.165, 1.54) is 6.92 Å². The number of esters is 1. The van der Waals surface area contributed by atoms with Gasteiger partial charge in [-0.05, 0) is 26.2 Å². The topological polar surface area (TPSA) is 71.1 Å². The number of hydrogen-bond donors (Lipinski definition) is 0. The zero-order valence-corrected chi connectivity index (χ0v) is 18.7. The fourth-order valence-electron chi connectivity index (χ4n) is 1.79. The molecule has 0 bridgehead atoms. The molecule has 0 aromatic heterocycles. The Labute approximate surface area is 171 Å². The molecule has 0 heterocycles. The Morgan fingerprint density at radius 1 is 0.800 bits per heavy atom. The Bertz CT molecular complexity index is 322. The van der Waals surface area contributed by atoms with E-state index >= 15 is 0 Å². The molecule has 0 rings (SSSR count). The monoisotopic (exact) mass is 436 g/mol.